The van der Waals surface area contributed by atoms with Crippen LogP contribution in [0.3, 0.4) is 0 Å². The van der Waals surface area contributed by atoms with Crippen LogP contribution in [0, 0.1) is 0 Å². The molecule has 0 aliphatic heterocycles. The number of carbonyl (C=O) groups excluding carboxylic acids is 2. The fourth-order valence-corrected chi connectivity index (χ4v) is 5.10. The van der Waals surface area contributed by atoms with Gasteiger partial charge in [0, 0.05) is 22.4 Å². The Bertz CT molecular complexity index is 1530. The first-order valence-electron chi connectivity index (χ1n) is 11.1. The molecule has 1 aliphatic carbocycles. The average molecular weight is 480 g/mol. The highest BCUT2D eigenvalue weighted by molar-refractivity contribution is 6.02. The molecular formula is C26H24O9. The van der Waals surface area contributed by atoms with Crippen molar-refractivity contribution < 1.29 is 44.0 Å². The Morgan fingerprint density at radius 3 is 2.14 bits per heavy atom. The van der Waals surface area contributed by atoms with Gasteiger partial charge < -0.3 is 34.4 Å². The van der Waals surface area contributed by atoms with E-state index in [1.54, 1.807) is 6.07 Å². The molecule has 5 rings (SSSR count). The number of rotatable bonds is 5. The van der Waals surface area contributed by atoms with Crippen molar-refractivity contribution in [1.29, 1.82) is 0 Å². The van der Waals surface area contributed by atoms with Gasteiger partial charge in [0.05, 0.1) is 29.8 Å². The molecule has 1 aliphatic rings. The van der Waals surface area contributed by atoms with Crippen LogP contribution in [0.2, 0.25) is 0 Å². The second kappa shape index (κ2) is 7.67. The Morgan fingerprint density at radius 1 is 0.857 bits per heavy atom. The maximum Gasteiger partial charge on any atom is 0.163 e. The number of fused-ring (bicyclic) bond motifs is 4. The summed E-state index contributed by atoms with van der Waals surface area (Å²) < 4.78 is 12.0. The summed E-state index contributed by atoms with van der Waals surface area (Å²) in [6.45, 7) is 1.50. The second-order valence-corrected chi connectivity index (χ2v) is 9.23. The molecule has 0 bridgehead atoms. The van der Waals surface area contributed by atoms with Gasteiger partial charge in [-0.1, -0.05) is 0 Å². The summed E-state index contributed by atoms with van der Waals surface area (Å²) in [6.07, 6.45) is 0.159. The van der Waals surface area contributed by atoms with Crippen molar-refractivity contribution in [3.05, 3.63) is 58.5 Å². The number of ketones is 2. The van der Waals surface area contributed by atoms with Gasteiger partial charge in [-0.25, -0.2) is 0 Å². The van der Waals surface area contributed by atoms with E-state index in [4.69, 9.17) is 8.83 Å². The number of hydrogen-bond donors (Lipinski definition) is 5. The molecule has 0 saturated heterocycles. The van der Waals surface area contributed by atoms with Crippen molar-refractivity contribution in [2.24, 2.45) is 0 Å². The number of Topliss-reactive ketones (excluding diaryl/α,β-unsaturated/α-hetero) is 2. The van der Waals surface area contributed by atoms with Gasteiger partial charge in [0.1, 0.15) is 39.8 Å². The molecule has 2 atom stereocenters. The summed E-state index contributed by atoms with van der Waals surface area (Å²) >= 11 is 0. The molecule has 182 valence electrons. The number of phenolic OH excluding ortho intramolecular Hbond substituents is 2. The van der Waals surface area contributed by atoms with Crippen LogP contribution in [-0.4, -0.2) is 50.3 Å². The highest BCUT2D eigenvalue weighted by Gasteiger charge is 2.52. The Labute approximate surface area is 198 Å². The van der Waals surface area contributed by atoms with E-state index in [2.05, 4.69) is 0 Å². The van der Waals surface area contributed by atoms with Gasteiger partial charge in [-0.05, 0) is 51.0 Å². The molecule has 9 heteroatoms. The highest BCUT2D eigenvalue weighted by atomic mass is 16.4. The topological polar surface area (TPSA) is 162 Å². The van der Waals surface area contributed by atoms with Gasteiger partial charge >= 0.3 is 0 Å². The first-order valence-corrected chi connectivity index (χ1v) is 11.1. The minimum atomic E-state index is -1.76. The molecule has 2 heterocycles. The number of furan rings is 2. The lowest BCUT2D eigenvalue weighted by Crippen LogP contribution is -2.44. The average Bonchev–Trinajstić information content (AvgIpc) is 3.40. The fourth-order valence-electron chi connectivity index (χ4n) is 5.10. The Kier molecular flexibility index (Phi) is 5.06. The summed E-state index contributed by atoms with van der Waals surface area (Å²) in [5, 5.41) is 53.5. The second-order valence-electron chi connectivity index (χ2n) is 9.23. The molecule has 35 heavy (non-hydrogen) atoms. The van der Waals surface area contributed by atoms with Gasteiger partial charge in [0.2, 0.25) is 0 Å². The molecule has 0 spiro atoms. The molecule has 0 unspecified atom stereocenters. The predicted octanol–water partition coefficient (Wildman–Crippen LogP) is 3.25. The number of aliphatic hydroxyl groups excluding tert-OH is 2. The number of hydrogen-bond acceptors (Lipinski definition) is 9. The first-order chi connectivity index (χ1) is 16.5. The van der Waals surface area contributed by atoms with Gasteiger partial charge in [-0.2, -0.15) is 0 Å². The van der Waals surface area contributed by atoms with Gasteiger partial charge in [-0.15, -0.1) is 0 Å². The zero-order valence-corrected chi connectivity index (χ0v) is 19.1. The Morgan fingerprint density at radius 2 is 1.51 bits per heavy atom. The van der Waals surface area contributed by atoms with E-state index in [1.807, 2.05) is 0 Å². The quantitative estimate of drug-likeness (QED) is 0.270. The van der Waals surface area contributed by atoms with E-state index in [1.165, 1.54) is 38.1 Å². The maximum absolute atomic E-state index is 12.0. The molecule has 2 aromatic carbocycles. The largest absolute Gasteiger partial charge is 0.507 e. The molecule has 2 aromatic heterocycles. The zero-order chi connectivity index (χ0) is 25.3. The molecule has 9 nitrogen and oxygen atoms in total. The molecule has 5 N–H and O–H groups in total. The molecule has 0 radical (unpaired) electrons. The highest BCUT2D eigenvalue weighted by Crippen LogP contribution is 2.53. The van der Waals surface area contributed by atoms with Gasteiger partial charge in [-0.3, -0.25) is 9.59 Å². The monoisotopic (exact) mass is 480 g/mol. The minimum Gasteiger partial charge on any atom is -0.507 e. The molecule has 4 aromatic rings. The standard InChI is InChI=1S/C26H24O9/c1-12(29)15-5-14-6-22(34-20(14)9-19(15)32)25(10-27)3-4-26(33,11-28)24-23(25)17-7-18(31)16(13(2)30)8-21(17)35-24/h5-9,27-28,31-33H,3-4,10-11H2,1-2H3/t25-,26+/m1/s1. The van der Waals surface area contributed by atoms with Gasteiger partial charge in [0.15, 0.2) is 11.6 Å². The number of carbonyl (C=O) groups is 2. The Balaban J connectivity index is 1.83. The molecular weight excluding hydrogens is 456 g/mol. The third kappa shape index (κ3) is 3.19. The Hall–Kier alpha value is -3.66. The lowest BCUT2D eigenvalue weighted by atomic mass is 9.66. The van der Waals surface area contributed by atoms with E-state index in [0.29, 0.717) is 16.3 Å². The van der Waals surface area contributed by atoms with E-state index >= 15 is 0 Å². The van der Waals surface area contributed by atoms with Crippen LogP contribution >= 0.6 is 0 Å². The van der Waals surface area contributed by atoms with Crippen molar-refractivity contribution in [2.75, 3.05) is 13.2 Å². The van der Waals surface area contributed by atoms with Crippen molar-refractivity contribution in [3.63, 3.8) is 0 Å². The van der Waals surface area contributed by atoms with Crippen molar-refractivity contribution >= 4 is 33.5 Å². The number of aromatic hydroxyl groups is 2. The summed E-state index contributed by atoms with van der Waals surface area (Å²) in [5.41, 5.74) is -2.06. The SMILES string of the molecule is CC(=O)c1cc2cc([C@]3(CO)CC[C@](O)(CO)c4oc5cc(C(C)=O)c(O)cc5c43)oc2cc1O. The van der Waals surface area contributed by atoms with E-state index in [-0.39, 0.29) is 69.7 Å². The van der Waals surface area contributed by atoms with Crippen molar-refractivity contribution in [2.45, 2.75) is 37.7 Å². The van der Waals surface area contributed by atoms with Crippen LogP contribution in [0.4, 0.5) is 0 Å². The molecule has 0 amide bonds. The number of benzene rings is 2. The molecule has 0 fully saturated rings. The summed E-state index contributed by atoms with van der Waals surface area (Å²) in [6, 6.07) is 7.17. The van der Waals surface area contributed by atoms with Crippen LogP contribution < -0.4 is 0 Å². The van der Waals surface area contributed by atoms with Crippen LogP contribution in [0.25, 0.3) is 21.9 Å². The van der Waals surface area contributed by atoms with Gasteiger partial charge in [0.25, 0.3) is 0 Å². The summed E-state index contributed by atoms with van der Waals surface area (Å²) in [7, 11) is 0. The lowest BCUT2D eigenvalue weighted by Gasteiger charge is -2.40. The van der Waals surface area contributed by atoms with Crippen molar-refractivity contribution in [1.82, 2.24) is 0 Å². The normalized spacial score (nSPS) is 22.0. The fraction of sp³-hybridized carbons (Fsp3) is 0.308. The minimum absolute atomic E-state index is 0.00290. The van der Waals surface area contributed by atoms with Crippen LogP contribution in [0.15, 0.2) is 39.2 Å². The third-order valence-corrected chi connectivity index (χ3v) is 7.07. The van der Waals surface area contributed by atoms with Crippen LogP contribution in [0.5, 0.6) is 11.5 Å². The smallest absolute Gasteiger partial charge is 0.163 e. The van der Waals surface area contributed by atoms with E-state index < -0.39 is 24.2 Å². The van der Waals surface area contributed by atoms with Crippen LogP contribution in [0.1, 0.15) is 64.5 Å². The maximum atomic E-state index is 12.0. The first kappa shape index (κ1) is 23.1. The van der Waals surface area contributed by atoms with E-state index in [0.717, 1.165) is 0 Å². The number of phenols is 2. The van der Waals surface area contributed by atoms with E-state index in [9.17, 15) is 35.1 Å². The summed E-state index contributed by atoms with van der Waals surface area (Å²) in [5.74, 6) is -0.951. The third-order valence-electron chi connectivity index (χ3n) is 7.07. The lowest BCUT2D eigenvalue weighted by molar-refractivity contribution is -0.0588. The predicted molar refractivity (Wildman–Crippen MR) is 124 cm³/mol. The van der Waals surface area contributed by atoms with Crippen LogP contribution in [-0.2, 0) is 11.0 Å². The van der Waals surface area contributed by atoms with Crippen molar-refractivity contribution in [3.8, 4) is 11.5 Å². The summed E-state index contributed by atoms with van der Waals surface area (Å²) in [4.78, 5) is 23.8. The number of aliphatic hydroxyl groups is 3. The zero-order valence-electron chi connectivity index (χ0n) is 19.1. The molecule has 0 saturated carbocycles.